The van der Waals surface area contributed by atoms with Gasteiger partial charge in [0.2, 0.25) is 0 Å². The number of hydrazine groups is 1. The van der Waals surface area contributed by atoms with Gasteiger partial charge in [-0.15, -0.1) is 16.7 Å². The molecule has 0 radical (unpaired) electrons. The molecule has 3 aromatic rings. The number of carbonyl (C=O) groups is 2. The Kier molecular flexibility index (Phi) is 8.43. The first-order valence-corrected chi connectivity index (χ1v) is 10.5. The maximum Gasteiger partial charge on any atom is 0.292 e. The number of hydrogen-bond acceptors (Lipinski definition) is 7. The van der Waals surface area contributed by atoms with Crippen LogP contribution in [0.5, 0.6) is 11.5 Å². The van der Waals surface area contributed by atoms with E-state index in [4.69, 9.17) is 21.1 Å². The van der Waals surface area contributed by atoms with Crippen LogP contribution in [0.4, 0.5) is 5.69 Å². The highest BCUT2D eigenvalue weighted by Gasteiger charge is 2.20. The zero-order valence-corrected chi connectivity index (χ0v) is 19.0. The molecule has 0 unspecified atom stereocenters. The fourth-order valence-corrected chi connectivity index (χ4v) is 3.16. The second-order valence-electron chi connectivity index (χ2n) is 6.95. The van der Waals surface area contributed by atoms with E-state index in [2.05, 4.69) is 21.0 Å². The van der Waals surface area contributed by atoms with Crippen LogP contribution in [0, 0.1) is 0 Å². The highest BCUT2D eigenvalue weighted by Crippen LogP contribution is 2.24. The molecule has 0 saturated carbocycles. The summed E-state index contributed by atoms with van der Waals surface area (Å²) in [6.45, 7) is 0.964. The van der Waals surface area contributed by atoms with E-state index in [0.29, 0.717) is 18.8 Å². The summed E-state index contributed by atoms with van der Waals surface area (Å²) in [6, 6.07) is 17.0. The van der Waals surface area contributed by atoms with Gasteiger partial charge < -0.3 is 14.4 Å². The van der Waals surface area contributed by atoms with E-state index in [9.17, 15) is 9.59 Å². The van der Waals surface area contributed by atoms with Crippen LogP contribution in [0.25, 0.3) is 0 Å². The van der Waals surface area contributed by atoms with Crippen molar-refractivity contribution in [2.45, 2.75) is 13.1 Å². The fraction of sp³-hybridized carbons (Fsp3) is 0.217. The molecule has 1 aromatic heterocycles. The van der Waals surface area contributed by atoms with Crippen molar-refractivity contribution in [2.24, 2.45) is 0 Å². The Bertz CT molecular complexity index is 1030. The average Bonchev–Trinajstić information content (AvgIpc) is 2.87. The summed E-state index contributed by atoms with van der Waals surface area (Å²) >= 11 is 5.47. The monoisotopic (exact) mass is 469 g/mol. The van der Waals surface area contributed by atoms with Gasteiger partial charge in [0.25, 0.3) is 11.8 Å². The van der Waals surface area contributed by atoms with E-state index >= 15 is 0 Å². The normalized spacial score (nSPS) is 10.3. The van der Waals surface area contributed by atoms with Gasteiger partial charge in [0.15, 0.2) is 5.69 Å². The van der Waals surface area contributed by atoms with Gasteiger partial charge in [-0.25, -0.2) is 0 Å². The molecule has 10 heteroatoms. The molecule has 0 aliphatic carbocycles. The van der Waals surface area contributed by atoms with Gasteiger partial charge in [0, 0.05) is 13.1 Å². The first kappa shape index (κ1) is 23.8. The lowest BCUT2D eigenvalue weighted by Gasteiger charge is -2.26. The topological polar surface area (TPSA) is 106 Å². The Morgan fingerprint density at radius 1 is 0.879 bits per heavy atom. The third-order valence-corrected chi connectivity index (χ3v) is 5.00. The number of nitrogens with zero attached hydrogens (tertiary/aromatic N) is 3. The zero-order chi connectivity index (χ0) is 23.6. The van der Waals surface area contributed by atoms with Crippen LogP contribution in [0.3, 0.4) is 0 Å². The maximum atomic E-state index is 12.7. The number of amides is 2. The Morgan fingerprint density at radius 3 is 1.91 bits per heavy atom. The summed E-state index contributed by atoms with van der Waals surface area (Å²) in [6.07, 6.45) is 1.51. The number of rotatable bonds is 9. The Balaban J connectivity index is 1.92. The number of anilines is 1. The molecule has 33 heavy (non-hydrogen) atoms. The van der Waals surface area contributed by atoms with Gasteiger partial charge in [-0.1, -0.05) is 24.3 Å². The van der Waals surface area contributed by atoms with Crippen LogP contribution in [0.15, 0.2) is 60.8 Å². The third kappa shape index (κ3) is 6.56. The Labute approximate surface area is 196 Å². The summed E-state index contributed by atoms with van der Waals surface area (Å²) in [5.41, 5.74) is 7.17. The van der Waals surface area contributed by atoms with Crippen molar-refractivity contribution in [2.75, 3.05) is 25.0 Å². The molecule has 2 amide bonds. The molecule has 9 nitrogen and oxygen atoms in total. The summed E-state index contributed by atoms with van der Waals surface area (Å²) in [4.78, 5) is 26.2. The van der Waals surface area contributed by atoms with Crippen LogP contribution in [-0.4, -0.2) is 42.1 Å². The number of hydrogen-bond donors (Lipinski definition) is 2. The molecule has 0 fully saturated rings. The zero-order valence-electron chi connectivity index (χ0n) is 18.2. The largest absolute Gasteiger partial charge is 0.497 e. The minimum absolute atomic E-state index is 0.0643. The molecule has 0 aliphatic rings. The molecule has 3 rings (SSSR count). The summed E-state index contributed by atoms with van der Waals surface area (Å²) in [7, 11) is 3.23. The second kappa shape index (κ2) is 11.7. The van der Waals surface area contributed by atoms with E-state index in [1.54, 1.807) is 20.3 Å². The van der Waals surface area contributed by atoms with Crippen LogP contribution in [0.1, 0.15) is 21.6 Å². The van der Waals surface area contributed by atoms with E-state index < -0.39 is 11.8 Å². The lowest BCUT2D eigenvalue weighted by Crippen LogP contribution is -2.43. The highest BCUT2D eigenvalue weighted by molar-refractivity contribution is 6.27. The Morgan fingerprint density at radius 2 is 1.42 bits per heavy atom. The lowest BCUT2D eigenvalue weighted by molar-refractivity contribution is -0.119. The van der Waals surface area contributed by atoms with Crippen LogP contribution in [0.2, 0.25) is 0 Å². The number of benzene rings is 2. The number of aromatic nitrogens is 2. The van der Waals surface area contributed by atoms with E-state index in [1.165, 1.54) is 6.20 Å². The molecule has 1 heterocycles. The minimum atomic E-state index is -0.606. The predicted octanol–water partition coefficient (Wildman–Crippen LogP) is 2.70. The van der Waals surface area contributed by atoms with Crippen molar-refractivity contribution in [1.82, 2.24) is 21.0 Å². The van der Waals surface area contributed by atoms with Crippen LogP contribution in [-0.2, 0) is 17.9 Å². The van der Waals surface area contributed by atoms with Crippen molar-refractivity contribution in [3.8, 4) is 11.5 Å². The molecule has 2 aromatic carbocycles. The van der Waals surface area contributed by atoms with E-state index in [1.807, 2.05) is 53.4 Å². The summed E-state index contributed by atoms with van der Waals surface area (Å²) < 4.78 is 10.5. The molecule has 0 spiro atoms. The number of alkyl halides is 1. The predicted molar refractivity (Wildman–Crippen MR) is 124 cm³/mol. The number of ether oxygens (including phenoxy) is 2. The molecule has 0 atom stereocenters. The molecular weight excluding hydrogens is 446 g/mol. The van der Waals surface area contributed by atoms with Crippen LogP contribution >= 0.6 is 11.6 Å². The first-order chi connectivity index (χ1) is 16.0. The molecule has 172 valence electrons. The molecule has 0 saturated heterocycles. The van der Waals surface area contributed by atoms with Gasteiger partial charge in [-0.2, -0.15) is 5.10 Å². The molecular formula is C23H24ClN5O4. The van der Waals surface area contributed by atoms with E-state index in [0.717, 1.165) is 22.6 Å². The van der Waals surface area contributed by atoms with Crippen molar-refractivity contribution in [1.29, 1.82) is 0 Å². The van der Waals surface area contributed by atoms with Crippen molar-refractivity contribution in [3.05, 3.63) is 77.6 Å². The van der Waals surface area contributed by atoms with Crippen LogP contribution < -0.4 is 25.2 Å². The number of nitrogens with one attached hydrogen (secondary N) is 2. The third-order valence-electron chi connectivity index (χ3n) is 4.76. The molecule has 0 bridgehead atoms. The van der Waals surface area contributed by atoms with Crippen molar-refractivity contribution < 1.29 is 19.1 Å². The van der Waals surface area contributed by atoms with Gasteiger partial charge >= 0.3 is 0 Å². The summed E-state index contributed by atoms with van der Waals surface area (Å²) in [5, 5.41) is 7.86. The van der Waals surface area contributed by atoms with Gasteiger partial charge in [0.05, 0.1) is 26.1 Å². The quantitative estimate of drug-likeness (QED) is 0.366. The van der Waals surface area contributed by atoms with Crippen molar-refractivity contribution in [3.63, 3.8) is 0 Å². The number of halogens is 1. The fourth-order valence-electron chi connectivity index (χ4n) is 3.09. The number of methoxy groups -OCH3 is 2. The smallest absolute Gasteiger partial charge is 0.292 e. The average molecular weight is 470 g/mol. The maximum absolute atomic E-state index is 12.7. The van der Waals surface area contributed by atoms with Crippen molar-refractivity contribution >= 4 is 29.1 Å². The SMILES string of the molecule is COc1ccc(CN(Cc2ccc(OC)cc2)c2ccnnc2C(=O)NNC(=O)CCl)cc1. The van der Waals surface area contributed by atoms with E-state index in [-0.39, 0.29) is 11.6 Å². The second-order valence-corrected chi connectivity index (χ2v) is 7.22. The highest BCUT2D eigenvalue weighted by atomic mass is 35.5. The molecule has 2 N–H and O–H groups in total. The van der Waals surface area contributed by atoms with Gasteiger partial charge in [0.1, 0.15) is 17.4 Å². The first-order valence-electron chi connectivity index (χ1n) is 10.0. The summed E-state index contributed by atoms with van der Waals surface area (Å²) in [5.74, 6) is 0.0753. The number of carbonyl (C=O) groups excluding carboxylic acids is 2. The minimum Gasteiger partial charge on any atom is -0.497 e. The molecule has 0 aliphatic heterocycles. The Hall–Kier alpha value is -3.85. The van der Waals surface area contributed by atoms with Gasteiger partial charge in [-0.05, 0) is 41.5 Å². The van der Waals surface area contributed by atoms with Gasteiger partial charge in [-0.3, -0.25) is 20.4 Å². The standard InChI is InChI=1S/C23H24ClN5O4/c1-32-18-7-3-16(4-8-18)14-29(15-17-5-9-19(33-2)10-6-17)20-11-12-25-27-22(20)23(31)28-26-21(30)13-24/h3-12H,13-15H2,1-2H3,(H,26,30)(H,28,31). The lowest BCUT2D eigenvalue weighted by atomic mass is 10.1.